The molecule has 8 nitrogen and oxygen atoms in total. The Morgan fingerprint density at radius 2 is 1.18 bits per heavy atom. The minimum atomic E-state index is -2.72. The maximum atomic E-state index is 14.3. The summed E-state index contributed by atoms with van der Waals surface area (Å²) in [6.07, 6.45) is -7.82. The molecule has 4 aromatic rings. The molecule has 2 aliphatic heterocycles. The van der Waals surface area contributed by atoms with Crippen LogP contribution in [0.4, 0.5) is 35.1 Å². The number of esters is 1. The smallest absolute Gasteiger partial charge is 0.357 e. The summed E-state index contributed by atoms with van der Waals surface area (Å²) in [5, 5.41) is 0. The molecule has 4 heterocycles. The number of aromatic nitrogens is 2. The van der Waals surface area contributed by atoms with Gasteiger partial charge in [-0.1, -0.05) is 0 Å². The van der Waals surface area contributed by atoms with Crippen molar-refractivity contribution in [2.75, 3.05) is 6.61 Å². The van der Waals surface area contributed by atoms with Crippen LogP contribution in [-0.2, 0) is 17.6 Å². The SMILES string of the molecule is CCOC(=O)c1cc(-c2ccc(F)cc2F)c2c(n1)OC(C(F)F)CC2.NC(=O)c1cc(-c2ccc(F)cc2F)c2c(n1)OC(C(F)F)CC2. The molecule has 50 heavy (non-hydrogen) atoms. The summed E-state index contributed by atoms with van der Waals surface area (Å²) in [4.78, 5) is 31.3. The van der Waals surface area contributed by atoms with E-state index < -0.39 is 60.2 Å². The summed E-state index contributed by atoms with van der Waals surface area (Å²) in [6.45, 7) is 1.68. The quantitative estimate of drug-likeness (QED) is 0.159. The van der Waals surface area contributed by atoms with E-state index in [0.717, 1.165) is 12.1 Å². The van der Waals surface area contributed by atoms with Crippen LogP contribution in [0.15, 0.2) is 48.5 Å². The molecule has 0 saturated heterocycles. The Labute approximate surface area is 279 Å². The van der Waals surface area contributed by atoms with Gasteiger partial charge in [-0.2, -0.15) is 0 Å². The number of amides is 1. The number of benzene rings is 2. The van der Waals surface area contributed by atoms with Gasteiger partial charge in [0.15, 0.2) is 17.9 Å². The highest BCUT2D eigenvalue weighted by molar-refractivity contribution is 5.93. The fourth-order valence-corrected chi connectivity index (χ4v) is 5.44. The van der Waals surface area contributed by atoms with E-state index in [1.165, 1.54) is 24.3 Å². The van der Waals surface area contributed by atoms with E-state index in [-0.39, 0.29) is 77.7 Å². The molecule has 0 saturated carbocycles. The van der Waals surface area contributed by atoms with Gasteiger partial charge >= 0.3 is 5.97 Å². The van der Waals surface area contributed by atoms with Crippen LogP contribution in [0.3, 0.4) is 0 Å². The van der Waals surface area contributed by atoms with Crippen LogP contribution in [0.25, 0.3) is 22.3 Å². The zero-order valence-electron chi connectivity index (χ0n) is 26.0. The largest absolute Gasteiger partial charge is 0.468 e. The molecular formula is C34H27F8N3O5. The second kappa shape index (κ2) is 15.1. The summed E-state index contributed by atoms with van der Waals surface area (Å²) < 4.78 is 122. The van der Waals surface area contributed by atoms with Crippen molar-refractivity contribution < 1.29 is 58.9 Å². The number of ether oxygens (including phenoxy) is 3. The minimum absolute atomic E-state index is 0.0108. The van der Waals surface area contributed by atoms with E-state index in [9.17, 15) is 44.7 Å². The van der Waals surface area contributed by atoms with Crippen LogP contribution in [0.2, 0.25) is 0 Å². The molecule has 2 N–H and O–H groups in total. The summed E-state index contributed by atoms with van der Waals surface area (Å²) in [5.41, 5.74) is 6.01. The van der Waals surface area contributed by atoms with Crippen LogP contribution in [0.5, 0.6) is 11.8 Å². The van der Waals surface area contributed by atoms with Crippen molar-refractivity contribution in [3.05, 3.63) is 94.3 Å². The van der Waals surface area contributed by atoms with E-state index in [4.69, 9.17) is 19.9 Å². The van der Waals surface area contributed by atoms with Gasteiger partial charge in [0.2, 0.25) is 11.8 Å². The molecule has 0 radical (unpaired) electrons. The van der Waals surface area contributed by atoms with Gasteiger partial charge in [-0.3, -0.25) is 4.79 Å². The molecule has 6 rings (SSSR count). The molecule has 264 valence electrons. The number of rotatable bonds is 7. The maximum Gasteiger partial charge on any atom is 0.357 e. The number of carbonyl (C=O) groups excluding carboxylic acids is 2. The average Bonchev–Trinajstić information content (AvgIpc) is 3.07. The molecular weight excluding hydrogens is 682 g/mol. The van der Waals surface area contributed by atoms with E-state index in [0.29, 0.717) is 23.3 Å². The molecule has 2 aromatic carbocycles. The molecule has 2 aliphatic rings. The first-order chi connectivity index (χ1) is 23.8. The fraction of sp³-hybridized carbons (Fsp3) is 0.294. The first-order valence-electron chi connectivity index (χ1n) is 15.1. The molecule has 2 aromatic heterocycles. The Hall–Kier alpha value is -5.28. The van der Waals surface area contributed by atoms with Crippen LogP contribution >= 0.6 is 0 Å². The third-order valence-electron chi connectivity index (χ3n) is 7.80. The van der Waals surface area contributed by atoms with Gasteiger partial charge in [-0.25, -0.2) is 49.9 Å². The second-order valence-electron chi connectivity index (χ2n) is 11.1. The van der Waals surface area contributed by atoms with Gasteiger partial charge in [0, 0.05) is 34.4 Å². The Kier molecular flexibility index (Phi) is 10.9. The van der Waals surface area contributed by atoms with Crippen molar-refractivity contribution in [3.63, 3.8) is 0 Å². The lowest BCUT2D eigenvalue weighted by molar-refractivity contribution is -0.00232. The van der Waals surface area contributed by atoms with Crippen molar-refractivity contribution in [2.45, 2.75) is 57.7 Å². The number of halogens is 8. The Balaban J connectivity index is 0.000000195. The standard InChI is InChI=1S/C18H15F4NO3.C16H12F4N2O2/c1-2-25-18(24)14-8-12(10-4-3-9(19)7-13(10)20)11-5-6-15(16(21)22)26-17(11)23-14;17-7-1-2-8(11(18)5-7)10-6-12(15(21)23)22-16-9(10)3-4-13(24-16)14(19)20/h3-4,7-8,15-16H,2,5-6H2,1H3;1-2,5-6,13-14H,3-4H2,(H2,21,23). The average molecular weight is 710 g/mol. The number of nitrogens with two attached hydrogens (primary N) is 1. The molecule has 16 heteroatoms. The first-order valence-corrected chi connectivity index (χ1v) is 15.1. The number of primary amides is 1. The third-order valence-corrected chi connectivity index (χ3v) is 7.80. The zero-order chi connectivity index (χ0) is 36.3. The Bertz CT molecular complexity index is 1930. The third kappa shape index (κ3) is 7.79. The monoisotopic (exact) mass is 709 g/mol. The number of fused-ring (bicyclic) bond motifs is 2. The molecule has 2 atom stereocenters. The number of hydrogen-bond donors (Lipinski definition) is 1. The van der Waals surface area contributed by atoms with Gasteiger partial charge in [-0.15, -0.1) is 0 Å². The minimum Gasteiger partial charge on any atom is -0.468 e. The lowest BCUT2D eigenvalue weighted by Crippen LogP contribution is -2.31. The van der Waals surface area contributed by atoms with Gasteiger partial charge in [-0.05, 0) is 80.1 Å². The number of nitrogens with zero attached hydrogens (tertiary/aromatic N) is 2. The Morgan fingerprint density at radius 1 is 0.740 bits per heavy atom. The lowest BCUT2D eigenvalue weighted by atomic mass is 9.94. The molecule has 1 amide bonds. The number of carbonyl (C=O) groups is 2. The van der Waals surface area contributed by atoms with Gasteiger partial charge in [0.1, 0.15) is 29.0 Å². The lowest BCUT2D eigenvalue weighted by Gasteiger charge is -2.26. The fourth-order valence-electron chi connectivity index (χ4n) is 5.44. The van der Waals surface area contributed by atoms with Crippen molar-refractivity contribution in [1.82, 2.24) is 9.97 Å². The predicted octanol–water partition coefficient (Wildman–Crippen LogP) is 7.25. The van der Waals surface area contributed by atoms with Gasteiger partial charge in [0.05, 0.1) is 6.61 Å². The van der Waals surface area contributed by atoms with E-state index in [2.05, 4.69) is 9.97 Å². The van der Waals surface area contributed by atoms with Gasteiger partial charge < -0.3 is 19.9 Å². The van der Waals surface area contributed by atoms with Gasteiger partial charge in [0.25, 0.3) is 18.8 Å². The summed E-state index contributed by atoms with van der Waals surface area (Å²) in [7, 11) is 0. The maximum absolute atomic E-state index is 14.3. The molecule has 0 bridgehead atoms. The molecule has 0 fully saturated rings. The van der Waals surface area contributed by atoms with Crippen molar-refractivity contribution in [3.8, 4) is 34.0 Å². The predicted molar refractivity (Wildman–Crippen MR) is 161 cm³/mol. The summed E-state index contributed by atoms with van der Waals surface area (Å²) in [6, 6.07) is 8.50. The highest BCUT2D eigenvalue weighted by Gasteiger charge is 2.33. The molecule has 2 unspecified atom stereocenters. The van der Waals surface area contributed by atoms with Crippen LogP contribution < -0.4 is 15.2 Å². The van der Waals surface area contributed by atoms with Crippen molar-refractivity contribution >= 4 is 11.9 Å². The topological polar surface area (TPSA) is 114 Å². The van der Waals surface area contributed by atoms with Crippen molar-refractivity contribution in [1.29, 1.82) is 0 Å². The number of hydrogen-bond acceptors (Lipinski definition) is 7. The normalized spacial score (nSPS) is 16.4. The van der Waals surface area contributed by atoms with E-state index in [1.54, 1.807) is 6.92 Å². The molecule has 0 aliphatic carbocycles. The van der Waals surface area contributed by atoms with Crippen LogP contribution in [0, 0.1) is 23.3 Å². The summed E-state index contributed by atoms with van der Waals surface area (Å²) >= 11 is 0. The zero-order valence-corrected chi connectivity index (χ0v) is 26.0. The number of alkyl halides is 4. The van der Waals surface area contributed by atoms with Crippen molar-refractivity contribution in [2.24, 2.45) is 5.73 Å². The van der Waals surface area contributed by atoms with Crippen LogP contribution in [-0.4, -0.2) is 53.5 Å². The molecule has 0 spiro atoms. The Morgan fingerprint density at radius 3 is 1.58 bits per heavy atom. The number of pyridine rings is 2. The van der Waals surface area contributed by atoms with E-state index in [1.807, 2.05) is 0 Å². The first kappa shape index (κ1) is 36.0. The highest BCUT2D eigenvalue weighted by atomic mass is 19.3. The van der Waals surface area contributed by atoms with Crippen LogP contribution in [0.1, 0.15) is 51.9 Å². The summed E-state index contributed by atoms with van der Waals surface area (Å²) in [5.74, 6) is -5.25. The van der Waals surface area contributed by atoms with E-state index >= 15 is 0 Å². The highest BCUT2D eigenvalue weighted by Crippen LogP contribution is 2.39. The second-order valence-corrected chi connectivity index (χ2v) is 11.1.